The smallest absolute Gasteiger partial charge is 0.403 e. The van der Waals surface area contributed by atoms with Gasteiger partial charge in [-0.3, -0.25) is 0 Å². The molecule has 3 fully saturated rings. The number of unbranched alkanes of at least 4 members (excludes halogenated alkanes) is 1. The molecule has 5 heteroatoms. The Kier molecular flexibility index (Phi) is 6.65. The number of benzene rings is 1. The van der Waals surface area contributed by atoms with E-state index in [2.05, 4.69) is 58.0 Å². The fourth-order valence-electron chi connectivity index (χ4n) is 5.31. The molecule has 1 aromatic rings. The van der Waals surface area contributed by atoms with Gasteiger partial charge in [0.05, 0.1) is 24.4 Å². The summed E-state index contributed by atoms with van der Waals surface area (Å²) in [5, 5.41) is 0. The summed E-state index contributed by atoms with van der Waals surface area (Å²) in [5.41, 5.74) is 0.890. The first-order chi connectivity index (χ1) is 14.3. The molecule has 2 aliphatic heterocycles. The van der Waals surface area contributed by atoms with Crippen LogP contribution in [0.15, 0.2) is 30.3 Å². The first kappa shape index (κ1) is 22.3. The van der Waals surface area contributed by atoms with Gasteiger partial charge in [-0.15, -0.1) is 0 Å². The zero-order chi connectivity index (χ0) is 21.2. The molecule has 0 N–H and O–H groups in total. The largest absolute Gasteiger partial charge is 0.461 e. The van der Waals surface area contributed by atoms with Crippen molar-refractivity contribution >= 4 is 7.12 Å². The van der Waals surface area contributed by atoms with E-state index in [1.54, 1.807) is 0 Å². The Morgan fingerprint density at radius 3 is 2.10 bits per heavy atom. The minimum atomic E-state index is -0.301. The Morgan fingerprint density at radius 1 is 0.900 bits per heavy atom. The molecular weight excluding hydrogens is 375 g/mol. The molecule has 166 valence electrons. The second-order valence-electron chi connectivity index (χ2n) is 10.5. The summed E-state index contributed by atoms with van der Waals surface area (Å²) in [4.78, 5) is 0. The maximum Gasteiger partial charge on any atom is 0.461 e. The van der Waals surface area contributed by atoms with Crippen molar-refractivity contribution in [3.8, 4) is 0 Å². The maximum atomic E-state index is 6.53. The van der Waals surface area contributed by atoms with Crippen LogP contribution in [0, 0.1) is 5.92 Å². The highest BCUT2D eigenvalue weighted by molar-refractivity contribution is 6.47. The van der Waals surface area contributed by atoms with Crippen LogP contribution >= 0.6 is 0 Å². The lowest BCUT2D eigenvalue weighted by molar-refractivity contribution is -0.183. The van der Waals surface area contributed by atoms with Gasteiger partial charge >= 0.3 is 7.12 Å². The average Bonchev–Trinajstić information content (AvgIpc) is 3.25. The molecule has 1 saturated carbocycles. The minimum Gasteiger partial charge on any atom is -0.403 e. The van der Waals surface area contributed by atoms with Gasteiger partial charge in [0.1, 0.15) is 0 Å². The van der Waals surface area contributed by atoms with Crippen LogP contribution in [-0.2, 0) is 25.2 Å². The number of rotatable bonds is 7. The summed E-state index contributed by atoms with van der Waals surface area (Å²) in [6.45, 7) is 10.1. The van der Waals surface area contributed by atoms with E-state index >= 15 is 0 Å². The van der Waals surface area contributed by atoms with Gasteiger partial charge in [0.25, 0.3) is 0 Å². The SMILES string of the molecule is CC1(C)OB([C@@H](CCCCc2ccccc2)C2CCC3(CC2)OCCO3)OC1(C)C. The van der Waals surface area contributed by atoms with Crippen LogP contribution in [0.3, 0.4) is 0 Å². The second-order valence-corrected chi connectivity index (χ2v) is 10.5. The molecular formula is C25H39BO4. The van der Waals surface area contributed by atoms with Gasteiger partial charge in [0, 0.05) is 12.8 Å². The van der Waals surface area contributed by atoms with Crippen molar-refractivity contribution in [2.75, 3.05) is 13.2 Å². The van der Waals surface area contributed by atoms with Gasteiger partial charge in [0.15, 0.2) is 5.79 Å². The highest BCUT2D eigenvalue weighted by atomic mass is 16.7. The van der Waals surface area contributed by atoms with Crippen LogP contribution in [-0.4, -0.2) is 37.3 Å². The normalized spacial score (nSPS) is 26.3. The lowest BCUT2D eigenvalue weighted by Crippen LogP contribution is -2.41. The van der Waals surface area contributed by atoms with Crippen LogP contribution in [0.25, 0.3) is 0 Å². The number of aryl methyl sites for hydroxylation is 1. The molecule has 2 saturated heterocycles. The monoisotopic (exact) mass is 414 g/mol. The fraction of sp³-hybridized carbons (Fsp3) is 0.760. The predicted molar refractivity (Wildman–Crippen MR) is 120 cm³/mol. The molecule has 30 heavy (non-hydrogen) atoms. The van der Waals surface area contributed by atoms with Crippen LogP contribution in [0.1, 0.15) is 78.2 Å². The lowest BCUT2D eigenvalue weighted by atomic mass is 9.59. The van der Waals surface area contributed by atoms with Crippen molar-refractivity contribution in [3.63, 3.8) is 0 Å². The van der Waals surface area contributed by atoms with E-state index in [0.29, 0.717) is 11.7 Å². The summed E-state index contributed by atoms with van der Waals surface area (Å²) in [6.07, 6.45) is 8.98. The molecule has 4 nitrogen and oxygen atoms in total. The Bertz CT molecular complexity index is 658. The van der Waals surface area contributed by atoms with Gasteiger partial charge in [-0.25, -0.2) is 0 Å². The van der Waals surface area contributed by atoms with Crippen molar-refractivity contribution in [1.29, 1.82) is 0 Å². The third-order valence-corrected chi connectivity index (χ3v) is 7.93. The molecule has 1 aliphatic carbocycles. The molecule has 1 atom stereocenters. The highest BCUT2D eigenvalue weighted by Crippen LogP contribution is 2.49. The zero-order valence-corrected chi connectivity index (χ0v) is 19.3. The third kappa shape index (κ3) is 4.80. The number of hydrogen-bond donors (Lipinski definition) is 0. The maximum absolute atomic E-state index is 6.53. The van der Waals surface area contributed by atoms with Crippen molar-refractivity contribution in [3.05, 3.63) is 35.9 Å². The molecule has 0 amide bonds. The Labute approximate surface area is 183 Å². The van der Waals surface area contributed by atoms with Crippen LogP contribution in [0.4, 0.5) is 0 Å². The fourth-order valence-corrected chi connectivity index (χ4v) is 5.31. The molecule has 0 bridgehead atoms. The quantitative estimate of drug-likeness (QED) is 0.418. The first-order valence-electron chi connectivity index (χ1n) is 12.0. The minimum absolute atomic E-state index is 0.115. The van der Waals surface area contributed by atoms with Gasteiger partial charge in [-0.1, -0.05) is 43.2 Å². The van der Waals surface area contributed by atoms with E-state index in [1.807, 2.05) is 0 Å². The molecule has 1 spiro atoms. The van der Waals surface area contributed by atoms with Gasteiger partial charge in [0.2, 0.25) is 0 Å². The topological polar surface area (TPSA) is 36.9 Å². The van der Waals surface area contributed by atoms with Crippen molar-refractivity contribution in [2.24, 2.45) is 5.92 Å². The van der Waals surface area contributed by atoms with Crippen molar-refractivity contribution < 1.29 is 18.8 Å². The second kappa shape index (κ2) is 8.93. The van der Waals surface area contributed by atoms with E-state index in [4.69, 9.17) is 18.8 Å². The Balaban J connectivity index is 1.38. The van der Waals surface area contributed by atoms with Crippen molar-refractivity contribution in [1.82, 2.24) is 0 Å². The van der Waals surface area contributed by atoms with E-state index in [9.17, 15) is 0 Å². The summed E-state index contributed by atoms with van der Waals surface area (Å²) < 4.78 is 25.0. The van der Waals surface area contributed by atoms with E-state index in [1.165, 1.54) is 18.4 Å². The standard InChI is InChI=1S/C25H39BO4/c1-23(2)24(3,4)30-26(29-23)22(13-9-8-12-20-10-6-5-7-11-20)21-14-16-25(17-15-21)27-18-19-28-25/h5-7,10-11,21-22H,8-9,12-19H2,1-4H3/t22-/m0/s1. The summed E-state index contributed by atoms with van der Waals surface area (Å²) in [7, 11) is -0.115. The summed E-state index contributed by atoms with van der Waals surface area (Å²) >= 11 is 0. The van der Waals surface area contributed by atoms with Gasteiger partial charge in [-0.05, 0) is 70.7 Å². The average molecular weight is 414 g/mol. The van der Waals surface area contributed by atoms with Crippen LogP contribution in [0.2, 0.25) is 5.82 Å². The van der Waals surface area contributed by atoms with E-state index in [-0.39, 0.29) is 24.1 Å². The van der Waals surface area contributed by atoms with Crippen molar-refractivity contribution in [2.45, 2.75) is 102 Å². The molecule has 2 heterocycles. The zero-order valence-electron chi connectivity index (χ0n) is 19.3. The van der Waals surface area contributed by atoms with Gasteiger partial charge in [-0.2, -0.15) is 0 Å². The number of hydrogen-bond acceptors (Lipinski definition) is 4. The molecule has 0 unspecified atom stereocenters. The number of ether oxygens (including phenoxy) is 2. The third-order valence-electron chi connectivity index (χ3n) is 7.93. The van der Waals surface area contributed by atoms with Gasteiger partial charge < -0.3 is 18.8 Å². The Morgan fingerprint density at radius 2 is 1.50 bits per heavy atom. The van der Waals surface area contributed by atoms with E-state index in [0.717, 1.165) is 51.7 Å². The molecule has 1 aromatic carbocycles. The lowest BCUT2D eigenvalue weighted by Gasteiger charge is -2.39. The van der Waals surface area contributed by atoms with E-state index < -0.39 is 0 Å². The Hall–Kier alpha value is -0.875. The first-order valence-corrected chi connectivity index (χ1v) is 12.0. The molecule has 4 rings (SSSR count). The predicted octanol–water partition coefficient (Wildman–Crippen LogP) is 5.80. The molecule has 0 radical (unpaired) electrons. The van der Waals surface area contributed by atoms with Crippen LogP contribution < -0.4 is 0 Å². The van der Waals surface area contributed by atoms with Crippen LogP contribution in [0.5, 0.6) is 0 Å². The summed E-state index contributed by atoms with van der Waals surface area (Å²) in [6, 6.07) is 10.8. The summed E-state index contributed by atoms with van der Waals surface area (Å²) in [5.74, 6) is 0.736. The highest BCUT2D eigenvalue weighted by Gasteiger charge is 2.55. The molecule has 0 aromatic heterocycles. The molecule has 3 aliphatic rings.